The molecule has 0 unspecified atom stereocenters. The summed E-state index contributed by atoms with van der Waals surface area (Å²) in [6.45, 7) is 5.29. The highest BCUT2D eigenvalue weighted by Gasteiger charge is 2.22. The first-order chi connectivity index (χ1) is 13.6. The Bertz CT molecular complexity index is 1040. The van der Waals surface area contributed by atoms with Gasteiger partial charge in [-0.1, -0.05) is 43.7 Å². The van der Waals surface area contributed by atoms with E-state index in [1.807, 2.05) is 25.1 Å². The van der Waals surface area contributed by atoms with Crippen LogP contribution in [0.3, 0.4) is 0 Å². The molecule has 0 atom stereocenters. The summed E-state index contributed by atoms with van der Waals surface area (Å²) in [5.41, 5.74) is 0.499. The van der Waals surface area contributed by atoms with Gasteiger partial charge in [-0.2, -0.15) is 9.78 Å². The monoisotopic (exact) mass is 379 g/mol. The second-order valence-electron chi connectivity index (χ2n) is 6.52. The lowest BCUT2D eigenvalue weighted by Gasteiger charge is -2.21. The Labute approximate surface area is 164 Å². The molecule has 0 N–H and O–H groups in total. The Morgan fingerprint density at radius 1 is 1.07 bits per heavy atom. The normalized spacial score (nSPS) is 10.8. The molecule has 0 radical (unpaired) electrons. The lowest BCUT2D eigenvalue weighted by atomic mass is 10.1. The topological polar surface area (TPSA) is 64.4 Å². The highest BCUT2D eigenvalue weighted by atomic mass is 16.5. The zero-order valence-corrected chi connectivity index (χ0v) is 16.5. The molecule has 1 heterocycles. The summed E-state index contributed by atoms with van der Waals surface area (Å²) in [5.74, 6) is 0.347. The smallest absolute Gasteiger partial charge is 0.279 e. The van der Waals surface area contributed by atoms with Crippen molar-refractivity contribution >= 4 is 16.7 Å². The van der Waals surface area contributed by atoms with Crippen molar-refractivity contribution in [3.63, 3.8) is 0 Å². The number of hydrogen-bond donors (Lipinski definition) is 0. The summed E-state index contributed by atoms with van der Waals surface area (Å²) in [6.07, 6.45) is 1.92. The van der Waals surface area contributed by atoms with E-state index in [1.54, 1.807) is 42.3 Å². The molecule has 0 saturated carbocycles. The molecule has 0 aliphatic rings. The van der Waals surface area contributed by atoms with Crippen LogP contribution < -0.4 is 10.3 Å². The number of carbonyl (C=O) groups is 1. The molecule has 3 rings (SSSR count). The van der Waals surface area contributed by atoms with Crippen LogP contribution in [0.4, 0.5) is 0 Å². The predicted octanol–water partition coefficient (Wildman–Crippen LogP) is 3.66. The summed E-state index contributed by atoms with van der Waals surface area (Å²) in [7, 11) is 1.54. The number of aromatic nitrogens is 2. The van der Waals surface area contributed by atoms with Gasteiger partial charge < -0.3 is 9.64 Å². The first-order valence-corrected chi connectivity index (χ1v) is 9.57. The van der Waals surface area contributed by atoms with Gasteiger partial charge in [0.1, 0.15) is 11.4 Å². The third kappa shape index (κ3) is 3.63. The molecule has 6 heteroatoms. The number of rotatable bonds is 7. The van der Waals surface area contributed by atoms with Gasteiger partial charge in [0.25, 0.3) is 11.5 Å². The van der Waals surface area contributed by atoms with Crippen LogP contribution in [0.5, 0.6) is 5.75 Å². The van der Waals surface area contributed by atoms with Crippen molar-refractivity contribution in [1.82, 2.24) is 14.7 Å². The van der Waals surface area contributed by atoms with Gasteiger partial charge in [0, 0.05) is 18.5 Å². The molecule has 146 valence electrons. The van der Waals surface area contributed by atoms with E-state index in [9.17, 15) is 9.59 Å². The van der Waals surface area contributed by atoms with E-state index in [-0.39, 0.29) is 17.2 Å². The van der Waals surface area contributed by atoms with Crippen LogP contribution in [0, 0.1) is 0 Å². The van der Waals surface area contributed by atoms with E-state index in [0.717, 1.165) is 12.8 Å². The molecule has 1 amide bonds. The van der Waals surface area contributed by atoms with Crippen molar-refractivity contribution < 1.29 is 9.53 Å². The van der Waals surface area contributed by atoms with Crippen LogP contribution in [-0.4, -0.2) is 40.8 Å². The summed E-state index contributed by atoms with van der Waals surface area (Å²) in [5, 5.41) is 5.51. The number of amides is 1. The molecular weight excluding hydrogens is 354 g/mol. The Morgan fingerprint density at radius 2 is 1.75 bits per heavy atom. The lowest BCUT2D eigenvalue weighted by molar-refractivity contribution is 0.0756. The quantitative estimate of drug-likeness (QED) is 0.628. The maximum absolute atomic E-state index is 13.3. The Morgan fingerprint density at radius 3 is 2.43 bits per heavy atom. The average Bonchev–Trinajstić information content (AvgIpc) is 2.74. The van der Waals surface area contributed by atoms with Crippen molar-refractivity contribution in [2.45, 2.75) is 26.7 Å². The molecule has 28 heavy (non-hydrogen) atoms. The largest absolute Gasteiger partial charge is 0.494 e. The Balaban J connectivity index is 2.24. The molecule has 0 spiro atoms. The third-order valence-corrected chi connectivity index (χ3v) is 4.77. The highest BCUT2D eigenvalue weighted by molar-refractivity contribution is 6.04. The maximum atomic E-state index is 13.3. The first-order valence-electron chi connectivity index (χ1n) is 9.57. The maximum Gasteiger partial charge on any atom is 0.279 e. The van der Waals surface area contributed by atoms with Crippen molar-refractivity contribution in [2.75, 3.05) is 20.2 Å². The fraction of sp³-hybridized carbons (Fsp3) is 0.318. The van der Waals surface area contributed by atoms with Crippen molar-refractivity contribution in [3.05, 3.63) is 64.6 Å². The minimum atomic E-state index is -0.284. The van der Waals surface area contributed by atoms with Crippen LogP contribution >= 0.6 is 0 Å². The molecule has 2 aromatic carbocycles. The number of benzene rings is 2. The second-order valence-corrected chi connectivity index (χ2v) is 6.52. The summed E-state index contributed by atoms with van der Waals surface area (Å²) >= 11 is 0. The number of methoxy groups -OCH3 is 1. The molecule has 3 aromatic rings. The van der Waals surface area contributed by atoms with Crippen molar-refractivity contribution in [2.24, 2.45) is 0 Å². The van der Waals surface area contributed by atoms with Crippen LogP contribution in [-0.2, 0) is 0 Å². The van der Waals surface area contributed by atoms with Crippen LogP contribution in [0.25, 0.3) is 16.5 Å². The zero-order valence-electron chi connectivity index (χ0n) is 16.5. The lowest BCUT2D eigenvalue weighted by Crippen LogP contribution is -2.35. The number of unbranched alkanes of at least 4 members (excludes halogenated alkanes) is 1. The minimum absolute atomic E-state index is 0.171. The predicted molar refractivity (Wildman–Crippen MR) is 110 cm³/mol. The van der Waals surface area contributed by atoms with E-state index in [1.165, 1.54) is 4.68 Å². The molecule has 0 aliphatic heterocycles. The molecule has 0 fully saturated rings. The van der Waals surface area contributed by atoms with Crippen LogP contribution in [0.1, 0.15) is 37.2 Å². The molecule has 1 aromatic heterocycles. The number of para-hydroxylation sites is 2. The number of hydrogen-bond acceptors (Lipinski definition) is 4. The summed E-state index contributed by atoms with van der Waals surface area (Å²) in [4.78, 5) is 28.1. The first kappa shape index (κ1) is 19.6. The van der Waals surface area contributed by atoms with Gasteiger partial charge in [-0.15, -0.1) is 0 Å². The van der Waals surface area contributed by atoms with Crippen molar-refractivity contribution in [3.8, 4) is 11.4 Å². The van der Waals surface area contributed by atoms with Gasteiger partial charge >= 0.3 is 0 Å². The van der Waals surface area contributed by atoms with E-state index < -0.39 is 0 Å². The highest BCUT2D eigenvalue weighted by Crippen LogP contribution is 2.22. The summed E-state index contributed by atoms with van der Waals surface area (Å²) < 4.78 is 6.66. The van der Waals surface area contributed by atoms with Gasteiger partial charge in [-0.3, -0.25) is 9.59 Å². The van der Waals surface area contributed by atoms with Crippen LogP contribution in [0.15, 0.2) is 53.3 Å². The number of nitrogens with zero attached hydrogens (tertiary/aromatic N) is 3. The molecule has 0 aliphatic carbocycles. The van der Waals surface area contributed by atoms with E-state index in [2.05, 4.69) is 12.0 Å². The summed E-state index contributed by atoms with van der Waals surface area (Å²) in [6, 6.07) is 14.3. The molecule has 0 saturated heterocycles. The van der Waals surface area contributed by atoms with Gasteiger partial charge in [0.15, 0.2) is 5.69 Å². The Kier molecular flexibility index (Phi) is 6.09. The second kappa shape index (κ2) is 8.69. The number of ether oxygens (including phenoxy) is 1. The van der Waals surface area contributed by atoms with Gasteiger partial charge in [0.05, 0.1) is 12.5 Å². The molecule has 0 bridgehead atoms. The minimum Gasteiger partial charge on any atom is -0.494 e. The number of fused-ring (bicyclic) bond motifs is 1. The van der Waals surface area contributed by atoms with Crippen LogP contribution in [0.2, 0.25) is 0 Å². The SMILES string of the molecule is CCCCN(CC)C(=O)c1nn(-c2ccccc2OC)c(=O)c2ccccc12. The molecular formula is C22H25N3O3. The third-order valence-electron chi connectivity index (χ3n) is 4.77. The van der Waals surface area contributed by atoms with Gasteiger partial charge in [0.2, 0.25) is 0 Å². The van der Waals surface area contributed by atoms with E-state index >= 15 is 0 Å². The average molecular weight is 379 g/mol. The van der Waals surface area contributed by atoms with Gasteiger partial charge in [-0.05, 0) is 31.5 Å². The Hall–Kier alpha value is -3.15. The fourth-order valence-corrected chi connectivity index (χ4v) is 3.22. The van der Waals surface area contributed by atoms with E-state index in [4.69, 9.17) is 4.74 Å². The molecule has 6 nitrogen and oxygen atoms in total. The van der Waals surface area contributed by atoms with E-state index in [0.29, 0.717) is 35.3 Å². The van der Waals surface area contributed by atoms with Crippen molar-refractivity contribution in [1.29, 1.82) is 0 Å². The fourth-order valence-electron chi connectivity index (χ4n) is 3.22. The standard InChI is InChI=1S/C22H25N3O3/c1-4-6-15-24(5-2)22(27)20-16-11-7-8-12-17(16)21(26)25(23-20)18-13-9-10-14-19(18)28-3/h7-14H,4-6,15H2,1-3H3. The van der Waals surface area contributed by atoms with Gasteiger partial charge in [-0.25, -0.2) is 0 Å². The number of carbonyl (C=O) groups excluding carboxylic acids is 1. The zero-order chi connectivity index (χ0) is 20.1.